The molecule has 0 saturated heterocycles. The van der Waals surface area contributed by atoms with Crippen LogP contribution < -0.4 is 0 Å². The summed E-state index contributed by atoms with van der Waals surface area (Å²) in [5.41, 5.74) is 0. The Hall–Kier alpha value is -0.280. The average molecular weight is 156 g/mol. The highest BCUT2D eigenvalue weighted by Gasteiger charge is 2.47. The third kappa shape index (κ3) is 1.25. The molecule has 0 nitrogen and oxygen atoms in total. The van der Waals surface area contributed by atoms with Crippen molar-refractivity contribution in [2.75, 3.05) is 0 Å². The molecule has 0 radical (unpaired) electrons. The van der Waals surface area contributed by atoms with Crippen LogP contribution in [0, 0.1) is 0 Å². The lowest BCUT2D eigenvalue weighted by Gasteiger charge is -2.27. The molecule has 0 spiro atoms. The molecule has 0 aromatic carbocycles. The van der Waals surface area contributed by atoms with Crippen LogP contribution in [-0.2, 0) is 0 Å². The summed E-state index contributed by atoms with van der Waals surface area (Å²) in [6, 6.07) is 0. The van der Waals surface area contributed by atoms with Crippen LogP contribution >= 0.6 is 0 Å². The van der Waals surface area contributed by atoms with Gasteiger partial charge in [-0.1, -0.05) is 0 Å². The zero-order chi connectivity index (χ0) is 7.78. The van der Waals surface area contributed by atoms with Gasteiger partial charge in [0, 0.05) is 6.42 Å². The second kappa shape index (κ2) is 2.40. The van der Waals surface area contributed by atoms with Gasteiger partial charge in [-0.2, -0.15) is 0 Å². The monoisotopic (exact) mass is 156 g/mol. The van der Waals surface area contributed by atoms with Crippen LogP contribution in [0.15, 0.2) is 0 Å². The summed E-state index contributed by atoms with van der Waals surface area (Å²) < 4.78 is 48.9. The molecular formula is C6H8F4. The van der Waals surface area contributed by atoms with Crippen LogP contribution in [0.25, 0.3) is 0 Å². The van der Waals surface area contributed by atoms with Gasteiger partial charge in [0.25, 0.3) is 5.92 Å². The molecule has 4 heteroatoms. The second-order valence-electron chi connectivity index (χ2n) is 2.57. The van der Waals surface area contributed by atoms with E-state index in [4.69, 9.17) is 0 Å². The number of alkyl halides is 4. The molecule has 0 aromatic heterocycles. The van der Waals surface area contributed by atoms with Crippen molar-refractivity contribution >= 4 is 0 Å². The molecule has 0 amide bonds. The van der Waals surface area contributed by atoms with Gasteiger partial charge in [-0.05, 0) is 12.8 Å². The van der Waals surface area contributed by atoms with E-state index >= 15 is 0 Å². The summed E-state index contributed by atoms with van der Waals surface area (Å²) in [7, 11) is 0. The molecular weight excluding hydrogens is 148 g/mol. The quantitative estimate of drug-likeness (QED) is 0.472. The van der Waals surface area contributed by atoms with Gasteiger partial charge in [-0.3, -0.25) is 0 Å². The molecule has 1 saturated carbocycles. The molecule has 1 aliphatic carbocycles. The van der Waals surface area contributed by atoms with Crippen molar-refractivity contribution in [3.8, 4) is 0 Å². The van der Waals surface area contributed by atoms with E-state index in [1.165, 1.54) is 0 Å². The summed E-state index contributed by atoms with van der Waals surface area (Å²) in [4.78, 5) is 0. The van der Waals surface area contributed by atoms with E-state index in [9.17, 15) is 17.6 Å². The first-order valence-electron chi connectivity index (χ1n) is 3.20. The molecule has 0 aliphatic heterocycles. The molecule has 0 bridgehead atoms. The van der Waals surface area contributed by atoms with Gasteiger partial charge < -0.3 is 0 Å². The Morgan fingerprint density at radius 2 is 1.80 bits per heavy atom. The number of rotatable bonds is 0. The molecule has 2 unspecified atom stereocenters. The highest BCUT2D eigenvalue weighted by atomic mass is 19.3. The fourth-order valence-corrected chi connectivity index (χ4v) is 1.08. The molecule has 60 valence electrons. The predicted molar refractivity (Wildman–Crippen MR) is 28.6 cm³/mol. The van der Waals surface area contributed by atoms with Gasteiger partial charge in [0.2, 0.25) is 0 Å². The molecule has 2 atom stereocenters. The predicted octanol–water partition coefficient (Wildman–Crippen LogP) is 2.48. The standard InChI is InChI=1S/C6H8F4/c7-4-2-1-3-6(9,10)5(4)8/h4-5H,1-3H2. The van der Waals surface area contributed by atoms with Crippen molar-refractivity contribution in [2.24, 2.45) is 0 Å². The third-order valence-electron chi connectivity index (χ3n) is 1.71. The lowest BCUT2D eigenvalue weighted by atomic mass is 9.93. The van der Waals surface area contributed by atoms with E-state index in [1.54, 1.807) is 0 Å². The van der Waals surface area contributed by atoms with E-state index in [2.05, 4.69) is 0 Å². The Bertz CT molecular complexity index is 123. The molecule has 1 fully saturated rings. The minimum absolute atomic E-state index is 0.0727. The minimum atomic E-state index is -3.43. The van der Waals surface area contributed by atoms with Crippen molar-refractivity contribution in [1.82, 2.24) is 0 Å². The first-order chi connectivity index (χ1) is 4.54. The second-order valence-corrected chi connectivity index (χ2v) is 2.57. The largest absolute Gasteiger partial charge is 0.281 e. The van der Waals surface area contributed by atoms with Gasteiger partial charge in [-0.25, -0.2) is 17.6 Å². The summed E-state index contributed by atoms with van der Waals surface area (Å²) in [5, 5.41) is 0. The number of hydrogen-bond acceptors (Lipinski definition) is 0. The molecule has 0 heterocycles. The molecule has 1 aliphatic rings. The average Bonchev–Trinajstić information content (AvgIpc) is 1.83. The van der Waals surface area contributed by atoms with Crippen LogP contribution in [0.1, 0.15) is 19.3 Å². The highest BCUT2D eigenvalue weighted by Crippen LogP contribution is 2.36. The maximum Gasteiger partial charge on any atom is 0.281 e. The van der Waals surface area contributed by atoms with Crippen LogP contribution in [0.5, 0.6) is 0 Å². The zero-order valence-electron chi connectivity index (χ0n) is 5.29. The Kier molecular flexibility index (Phi) is 1.88. The van der Waals surface area contributed by atoms with Crippen molar-refractivity contribution in [3.63, 3.8) is 0 Å². The summed E-state index contributed by atoms with van der Waals surface area (Å²) in [6.45, 7) is 0. The Morgan fingerprint density at radius 3 is 2.20 bits per heavy atom. The van der Waals surface area contributed by atoms with Crippen molar-refractivity contribution in [3.05, 3.63) is 0 Å². The first-order valence-corrected chi connectivity index (χ1v) is 3.20. The van der Waals surface area contributed by atoms with Gasteiger partial charge in [0.05, 0.1) is 0 Å². The van der Waals surface area contributed by atoms with Crippen LogP contribution in [0.2, 0.25) is 0 Å². The number of halogens is 4. The summed E-state index contributed by atoms with van der Waals surface area (Å²) in [6.07, 6.45) is -5.06. The topological polar surface area (TPSA) is 0 Å². The van der Waals surface area contributed by atoms with E-state index in [1.807, 2.05) is 0 Å². The Morgan fingerprint density at radius 1 is 1.20 bits per heavy atom. The van der Waals surface area contributed by atoms with E-state index in [-0.39, 0.29) is 12.8 Å². The fourth-order valence-electron chi connectivity index (χ4n) is 1.08. The van der Waals surface area contributed by atoms with E-state index < -0.39 is 24.7 Å². The first kappa shape index (κ1) is 7.82. The van der Waals surface area contributed by atoms with Gasteiger partial charge in [0.15, 0.2) is 6.17 Å². The summed E-state index contributed by atoms with van der Waals surface area (Å²) in [5.74, 6) is -3.43. The van der Waals surface area contributed by atoms with E-state index in [0.29, 0.717) is 0 Å². The third-order valence-corrected chi connectivity index (χ3v) is 1.71. The minimum Gasteiger partial charge on any atom is -0.244 e. The molecule has 0 N–H and O–H groups in total. The van der Waals surface area contributed by atoms with Crippen LogP contribution in [-0.4, -0.2) is 18.3 Å². The number of hydrogen-bond donors (Lipinski definition) is 0. The van der Waals surface area contributed by atoms with E-state index in [0.717, 1.165) is 0 Å². The van der Waals surface area contributed by atoms with Gasteiger partial charge >= 0.3 is 0 Å². The summed E-state index contributed by atoms with van der Waals surface area (Å²) >= 11 is 0. The molecule has 1 rings (SSSR count). The smallest absolute Gasteiger partial charge is 0.244 e. The van der Waals surface area contributed by atoms with Crippen molar-refractivity contribution < 1.29 is 17.6 Å². The van der Waals surface area contributed by atoms with Crippen LogP contribution in [0.3, 0.4) is 0 Å². The zero-order valence-corrected chi connectivity index (χ0v) is 5.29. The van der Waals surface area contributed by atoms with Crippen molar-refractivity contribution in [2.45, 2.75) is 37.5 Å². The van der Waals surface area contributed by atoms with Crippen molar-refractivity contribution in [1.29, 1.82) is 0 Å². The lowest BCUT2D eigenvalue weighted by molar-refractivity contribution is -0.125. The van der Waals surface area contributed by atoms with Gasteiger partial charge in [-0.15, -0.1) is 0 Å². The normalized spacial score (nSPS) is 39.6. The van der Waals surface area contributed by atoms with Crippen LogP contribution in [0.4, 0.5) is 17.6 Å². The highest BCUT2D eigenvalue weighted by molar-refractivity contribution is 4.87. The molecule has 0 aromatic rings. The maximum atomic E-state index is 12.2. The van der Waals surface area contributed by atoms with Gasteiger partial charge in [0.1, 0.15) is 6.17 Å². The lowest BCUT2D eigenvalue weighted by Crippen LogP contribution is -2.41. The molecule has 10 heavy (non-hydrogen) atoms. The maximum absolute atomic E-state index is 12.2. The Labute approximate surface area is 56.2 Å². The fraction of sp³-hybridized carbons (Fsp3) is 1.00. The SMILES string of the molecule is FC1CCCC(F)(F)C1F. The Balaban J connectivity index is 2.60.